The molecule has 4 heteroatoms. The minimum absolute atomic E-state index is 0.0557. The first kappa shape index (κ1) is 18.1. The van der Waals surface area contributed by atoms with Crippen LogP contribution in [-0.4, -0.2) is 17.5 Å². The Hall–Kier alpha value is -2.20. The van der Waals surface area contributed by atoms with E-state index in [-0.39, 0.29) is 11.3 Å². The van der Waals surface area contributed by atoms with Gasteiger partial charge < -0.3 is 9.84 Å². The average Bonchev–Trinajstić information content (AvgIpc) is 2.61. The summed E-state index contributed by atoms with van der Waals surface area (Å²) in [6.07, 6.45) is 5.92. The van der Waals surface area contributed by atoms with Gasteiger partial charge in [0.25, 0.3) is 0 Å². The van der Waals surface area contributed by atoms with Gasteiger partial charge in [0.2, 0.25) is 0 Å². The Labute approximate surface area is 142 Å². The van der Waals surface area contributed by atoms with Gasteiger partial charge in [-0.2, -0.15) is 0 Å². The maximum absolute atomic E-state index is 14.0. The van der Waals surface area contributed by atoms with Crippen LogP contribution >= 0.6 is 0 Å². The lowest BCUT2D eigenvalue weighted by Crippen LogP contribution is -2.04. The van der Waals surface area contributed by atoms with Crippen molar-refractivity contribution in [2.45, 2.75) is 39.0 Å². The van der Waals surface area contributed by atoms with Gasteiger partial charge in [0.05, 0.1) is 0 Å². The number of carbonyl (C=O) groups excluding carboxylic acids is 1. The Balaban J connectivity index is 1.97. The van der Waals surface area contributed by atoms with Crippen LogP contribution in [0.15, 0.2) is 42.5 Å². The van der Waals surface area contributed by atoms with E-state index < -0.39 is 18.2 Å². The molecule has 0 aliphatic rings. The van der Waals surface area contributed by atoms with Crippen molar-refractivity contribution in [3.8, 4) is 11.5 Å². The Kier molecular flexibility index (Phi) is 6.94. The molecule has 0 atom stereocenters. The molecule has 0 saturated carbocycles. The molecule has 0 aliphatic heterocycles. The molecule has 128 valence electrons. The van der Waals surface area contributed by atoms with E-state index in [1.54, 1.807) is 0 Å². The number of benzene rings is 2. The molecular weight excluding hydrogens is 307 g/mol. The number of unbranched alkanes of at least 4 members (excludes halogenated alkanes) is 3. The Bertz CT molecular complexity index is 665. The second-order valence-electron chi connectivity index (χ2n) is 5.78. The standard InChI is InChI=1S/C20H23FO3/c1-2-3-4-5-6-15-7-10-17(11-8-15)24-20-12-9-16(13-18(20)21)19(23)14-22/h7-13,22H,2-6,14H2,1H3. The highest BCUT2D eigenvalue weighted by molar-refractivity contribution is 5.97. The summed E-state index contributed by atoms with van der Waals surface area (Å²) < 4.78 is 19.5. The van der Waals surface area contributed by atoms with Gasteiger partial charge in [-0.3, -0.25) is 4.79 Å². The zero-order valence-electron chi connectivity index (χ0n) is 13.9. The first-order chi connectivity index (χ1) is 11.6. The van der Waals surface area contributed by atoms with Crippen LogP contribution in [0.1, 0.15) is 48.5 Å². The highest BCUT2D eigenvalue weighted by atomic mass is 19.1. The van der Waals surface area contributed by atoms with E-state index in [0.29, 0.717) is 5.75 Å². The zero-order valence-corrected chi connectivity index (χ0v) is 13.9. The summed E-state index contributed by atoms with van der Waals surface area (Å²) in [6.45, 7) is 1.55. The predicted molar refractivity (Wildman–Crippen MR) is 92.2 cm³/mol. The summed E-state index contributed by atoms with van der Waals surface area (Å²) in [5.74, 6) is -0.543. The number of halogens is 1. The van der Waals surface area contributed by atoms with E-state index in [1.165, 1.54) is 43.4 Å². The monoisotopic (exact) mass is 330 g/mol. The Morgan fingerprint density at radius 2 is 1.83 bits per heavy atom. The number of aliphatic hydroxyl groups excluding tert-OH is 1. The second kappa shape index (κ2) is 9.18. The van der Waals surface area contributed by atoms with Crippen LogP contribution < -0.4 is 4.74 Å². The number of Topliss-reactive ketones (excluding diaryl/α,β-unsaturated/α-hetero) is 1. The van der Waals surface area contributed by atoms with Gasteiger partial charge in [0.15, 0.2) is 17.3 Å². The first-order valence-electron chi connectivity index (χ1n) is 8.34. The van der Waals surface area contributed by atoms with Crippen LogP contribution in [-0.2, 0) is 6.42 Å². The molecule has 0 aliphatic carbocycles. The maximum Gasteiger partial charge on any atom is 0.188 e. The van der Waals surface area contributed by atoms with E-state index in [1.807, 2.05) is 24.3 Å². The molecule has 0 heterocycles. The van der Waals surface area contributed by atoms with Gasteiger partial charge in [-0.05, 0) is 48.7 Å². The number of aliphatic hydroxyl groups is 1. The van der Waals surface area contributed by atoms with Crippen molar-refractivity contribution in [1.82, 2.24) is 0 Å². The van der Waals surface area contributed by atoms with E-state index in [0.717, 1.165) is 12.5 Å². The van der Waals surface area contributed by atoms with Crippen molar-refractivity contribution >= 4 is 5.78 Å². The summed E-state index contributed by atoms with van der Waals surface area (Å²) >= 11 is 0. The van der Waals surface area contributed by atoms with Gasteiger partial charge in [-0.1, -0.05) is 38.3 Å². The van der Waals surface area contributed by atoms with Gasteiger partial charge in [-0.25, -0.2) is 4.39 Å². The smallest absolute Gasteiger partial charge is 0.188 e. The number of hydrogen-bond acceptors (Lipinski definition) is 3. The highest BCUT2D eigenvalue weighted by Gasteiger charge is 2.10. The lowest BCUT2D eigenvalue weighted by atomic mass is 10.1. The molecule has 0 spiro atoms. The topological polar surface area (TPSA) is 46.5 Å². The molecule has 0 radical (unpaired) electrons. The van der Waals surface area contributed by atoms with E-state index in [2.05, 4.69) is 6.92 Å². The van der Waals surface area contributed by atoms with Gasteiger partial charge in [0, 0.05) is 5.56 Å². The Morgan fingerprint density at radius 1 is 1.08 bits per heavy atom. The number of ether oxygens (including phenoxy) is 1. The molecule has 0 fully saturated rings. The van der Waals surface area contributed by atoms with E-state index in [4.69, 9.17) is 9.84 Å². The fraction of sp³-hybridized carbons (Fsp3) is 0.350. The quantitative estimate of drug-likeness (QED) is 0.524. The van der Waals surface area contributed by atoms with Crippen molar-refractivity contribution in [3.05, 3.63) is 59.4 Å². The third-order valence-electron chi connectivity index (χ3n) is 3.87. The summed E-state index contributed by atoms with van der Waals surface area (Å²) in [5.41, 5.74) is 1.37. The normalized spacial score (nSPS) is 10.6. The summed E-state index contributed by atoms with van der Waals surface area (Å²) in [6, 6.07) is 11.5. The third-order valence-corrected chi connectivity index (χ3v) is 3.87. The number of rotatable bonds is 9. The summed E-state index contributed by atoms with van der Waals surface area (Å²) in [4.78, 5) is 11.3. The lowest BCUT2D eigenvalue weighted by Gasteiger charge is -2.09. The van der Waals surface area contributed by atoms with Crippen molar-refractivity contribution in [2.24, 2.45) is 0 Å². The highest BCUT2D eigenvalue weighted by Crippen LogP contribution is 2.26. The van der Waals surface area contributed by atoms with Gasteiger partial charge in [-0.15, -0.1) is 0 Å². The second-order valence-corrected chi connectivity index (χ2v) is 5.78. The first-order valence-corrected chi connectivity index (χ1v) is 8.34. The van der Waals surface area contributed by atoms with E-state index in [9.17, 15) is 9.18 Å². The largest absolute Gasteiger partial charge is 0.454 e. The third kappa shape index (κ3) is 5.17. The maximum atomic E-state index is 14.0. The van der Waals surface area contributed by atoms with E-state index >= 15 is 0 Å². The van der Waals surface area contributed by atoms with Crippen molar-refractivity contribution in [2.75, 3.05) is 6.61 Å². The zero-order chi connectivity index (χ0) is 17.4. The van der Waals surface area contributed by atoms with Gasteiger partial charge in [0.1, 0.15) is 12.4 Å². The average molecular weight is 330 g/mol. The molecule has 0 aromatic heterocycles. The molecule has 1 N–H and O–H groups in total. The SMILES string of the molecule is CCCCCCc1ccc(Oc2ccc(C(=O)CO)cc2F)cc1. The summed E-state index contributed by atoms with van der Waals surface area (Å²) in [5, 5.41) is 8.80. The molecule has 2 aromatic carbocycles. The molecular formula is C20H23FO3. The number of aryl methyl sites for hydroxylation is 1. The van der Waals surface area contributed by atoms with Crippen LogP contribution in [0.4, 0.5) is 4.39 Å². The number of ketones is 1. The molecule has 2 rings (SSSR count). The van der Waals surface area contributed by atoms with Crippen LogP contribution in [0.3, 0.4) is 0 Å². The lowest BCUT2D eigenvalue weighted by molar-refractivity contribution is 0.0903. The van der Waals surface area contributed by atoms with Crippen molar-refractivity contribution in [1.29, 1.82) is 0 Å². The molecule has 0 saturated heterocycles. The fourth-order valence-corrected chi connectivity index (χ4v) is 2.46. The summed E-state index contributed by atoms with van der Waals surface area (Å²) in [7, 11) is 0. The molecule has 3 nitrogen and oxygen atoms in total. The van der Waals surface area contributed by atoms with Crippen molar-refractivity contribution in [3.63, 3.8) is 0 Å². The van der Waals surface area contributed by atoms with Crippen LogP contribution in [0, 0.1) is 5.82 Å². The van der Waals surface area contributed by atoms with Crippen LogP contribution in [0.5, 0.6) is 11.5 Å². The van der Waals surface area contributed by atoms with Crippen molar-refractivity contribution < 1.29 is 19.0 Å². The number of hydrogen-bond donors (Lipinski definition) is 1. The fourth-order valence-electron chi connectivity index (χ4n) is 2.46. The molecule has 0 amide bonds. The molecule has 0 unspecified atom stereocenters. The van der Waals surface area contributed by atoms with Crippen LogP contribution in [0.2, 0.25) is 0 Å². The van der Waals surface area contributed by atoms with Gasteiger partial charge >= 0.3 is 0 Å². The predicted octanol–water partition coefficient (Wildman–Crippen LogP) is 4.92. The molecule has 0 bridgehead atoms. The number of carbonyl (C=O) groups is 1. The molecule has 24 heavy (non-hydrogen) atoms. The minimum atomic E-state index is -0.640. The Morgan fingerprint density at radius 3 is 2.46 bits per heavy atom. The minimum Gasteiger partial charge on any atom is -0.454 e. The molecule has 2 aromatic rings. The van der Waals surface area contributed by atoms with Crippen LogP contribution in [0.25, 0.3) is 0 Å².